The van der Waals surface area contributed by atoms with Crippen LogP contribution < -0.4 is 16.2 Å². The Morgan fingerprint density at radius 3 is 2.83 bits per heavy atom. The van der Waals surface area contributed by atoms with E-state index in [-0.39, 0.29) is 5.56 Å². The number of thiocarbonyl (C=S) groups is 1. The van der Waals surface area contributed by atoms with Crippen LogP contribution in [0.15, 0.2) is 41.5 Å². The van der Waals surface area contributed by atoms with Crippen molar-refractivity contribution in [2.24, 2.45) is 5.73 Å². The van der Waals surface area contributed by atoms with E-state index in [1.807, 2.05) is 24.3 Å². The number of aromatic nitrogens is 2. The summed E-state index contributed by atoms with van der Waals surface area (Å²) in [5.74, 6) is 0.530. The van der Waals surface area contributed by atoms with E-state index in [4.69, 9.17) is 18.0 Å². The van der Waals surface area contributed by atoms with Crippen LogP contribution in [0, 0.1) is 0 Å². The summed E-state index contributed by atoms with van der Waals surface area (Å²) in [5, 5.41) is 0. The highest BCUT2D eigenvalue weighted by Gasteiger charge is 2.11. The second-order valence-electron chi connectivity index (χ2n) is 3.71. The highest BCUT2D eigenvalue weighted by molar-refractivity contribution is 7.80. The zero-order valence-electron chi connectivity index (χ0n) is 9.75. The molecule has 2 rings (SSSR count). The molecule has 3 N–H and O–H groups in total. The molecule has 92 valence electrons. The van der Waals surface area contributed by atoms with E-state index in [0.717, 1.165) is 11.3 Å². The van der Waals surface area contributed by atoms with Gasteiger partial charge in [0.2, 0.25) is 0 Å². The molecule has 0 radical (unpaired) electrons. The molecular formula is C12H12N4OS. The van der Waals surface area contributed by atoms with Gasteiger partial charge >= 0.3 is 0 Å². The van der Waals surface area contributed by atoms with Gasteiger partial charge < -0.3 is 15.6 Å². The lowest BCUT2D eigenvalue weighted by Crippen LogP contribution is -2.20. The second-order valence-corrected chi connectivity index (χ2v) is 4.15. The van der Waals surface area contributed by atoms with Crippen LogP contribution in [0.1, 0.15) is 5.56 Å². The Hall–Kier alpha value is -2.21. The van der Waals surface area contributed by atoms with E-state index in [9.17, 15) is 4.79 Å². The van der Waals surface area contributed by atoms with Gasteiger partial charge in [0.25, 0.3) is 5.56 Å². The largest absolute Gasteiger partial charge is 0.389 e. The average Bonchev–Trinajstić information content (AvgIpc) is 2.38. The number of H-pyrrole nitrogens is 1. The Bertz CT molecular complexity index is 638. The number of hydrogen-bond acceptors (Lipinski definition) is 4. The SMILES string of the molecule is CN(c1cc(=O)[nH]cn1)c1ccccc1C(N)=S. The summed E-state index contributed by atoms with van der Waals surface area (Å²) < 4.78 is 0. The number of hydrogen-bond donors (Lipinski definition) is 2. The summed E-state index contributed by atoms with van der Waals surface area (Å²) in [5.41, 5.74) is 7.02. The van der Waals surface area contributed by atoms with E-state index in [1.165, 1.54) is 12.4 Å². The predicted molar refractivity (Wildman–Crippen MR) is 75.3 cm³/mol. The van der Waals surface area contributed by atoms with Gasteiger partial charge in [0, 0.05) is 18.7 Å². The zero-order valence-corrected chi connectivity index (χ0v) is 10.6. The number of nitrogens with zero attached hydrogens (tertiary/aromatic N) is 2. The maximum Gasteiger partial charge on any atom is 0.252 e. The minimum atomic E-state index is -0.209. The maximum absolute atomic E-state index is 11.3. The average molecular weight is 260 g/mol. The van der Waals surface area contributed by atoms with Crippen molar-refractivity contribution >= 4 is 28.7 Å². The van der Waals surface area contributed by atoms with Crippen molar-refractivity contribution in [3.8, 4) is 0 Å². The van der Waals surface area contributed by atoms with Gasteiger partial charge in [-0.05, 0) is 12.1 Å². The first-order chi connectivity index (χ1) is 8.59. The first-order valence-corrected chi connectivity index (χ1v) is 5.67. The zero-order chi connectivity index (χ0) is 13.1. The molecule has 0 bridgehead atoms. The number of benzene rings is 1. The predicted octanol–water partition coefficient (Wildman–Crippen LogP) is 1.17. The summed E-state index contributed by atoms with van der Waals surface area (Å²) in [6, 6.07) is 8.85. The highest BCUT2D eigenvalue weighted by atomic mass is 32.1. The molecule has 0 atom stereocenters. The van der Waals surface area contributed by atoms with Crippen LogP contribution in [0.2, 0.25) is 0 Å². The number of para-hydroxylation sites is 1. The highest BCUT2D eigenvalue weighted by Crippen LogP contribution is 2.24. The normalized spacial score (nSPS) is 10.1. The summed E-state index contributed by atoms with van der Waals surface area (Å²) in [7, 11) is 1.80. The Morgan fingerprint density at radius 1 is 1.44 bits per heavy atom. The van der Waals surface area contributed by atoms with Crippen LogP contribution in [0.4, 0.5) is 11.5 Å². The van der Waals surface area contributed by atoms with Gasteiger partial charge in [-0.15, -0.1) is 0 Å². The third-order valence-corrected chi connectivity index (χ3v) is 2.76. The lowest BCUT2D eigenvalue weighted by molar-refractivity contribution is 1.05. The fourth-order valence-electron chi connectivity index (χ4n) is 1.64. The monoisotopic (exact) mass is 260 g/mol. The summed E-state index contributed by atoms with van der Waals surface area (Å²) in [6.07, 6.45) is 1.36. The molecule has 0 aliphatic carbocycles. The molecule has 0 amide bonds. The lowest BCUT2D eigenvalue weighted by atomic mass is 10.1. The van der Waals surface area contributed by atoms with Crippen LogP contribution in [-0.2, 0) is 0 Å². The molecule has 1 aromatic carbocycles. The van der Waals surface area contributed by atoms with E-state index < -0.39 is 0 Å². The molecule has 1 heterocycles. The molecule has 1 aromatic heterocycles. The van der Waals surface area contributed by atoms with Crippen molar-refractivity contribution < 1.29 is 0 Å². The van der Waals surface area contributed by atoms with E-state index in [1.54, 1.807) is 11.9 Å². The Kier molecular flexibility index (Phi) is 3.38. The minimum absolute atomic E-state index is 0.209. The first-order valence-electron chi connectivity index (χ1n) is 5.27. The van der Waals surface area contributed by atoms with Crippen molar-refractivity contribution in [2.75, 3.05) is 11.9 Å². The van der Waals surface area contributed by atoms with Crippen LogP contribution in [0.3, 0.4) is 0 Å². The van der Waals surface area contributed by atoms with Crippen molar-refractivity contribution in [1.29, 1.82) is 0 Å². The van der Waals surface area contributed by atoms with Crippen molar-refractivity contribution in [3.05, 3.63) is 52.6 Å². The Morgan fingerprint density at radius 2 is 2.17 bits per heavy atom. The number of nitrogens with one attached hydrogen (secondary N) is 1. The van der Waals surface area contributed by atoms with Crippen molar-refractivity contribution in [2.45, 2.75) is 0 Å². The molecule has 18 heavy (non-hydrogen) atoms. The van der Waals surface area contributed by atoms with Gasteiger partial charge in [0.1, 0.15) is 10.8 Å². The second kappa shape index (κ2) is 4.97. The molecule has 0 unspecified atom stereocenters. The van der Waals surface area contributed by atoms with Gasteiger partial charge in [-0.3, -0.25) is 4.79 Å². The van der Waals surface area contributed by atoms with Crippen molar-refractivity contribution in [3.63, 3.8) is 0 Å². The maximum atomic E-state index is 11.3. The van der Waals surface area contributed by atoms with E-state index in [2.05, 4.69) is 9.97 Å². The molecule has 2 aromatic rings. The third kappa shape index (κ3) is 2.38. The third-order valence-electron chi connectivity index (χ3n) is 2.54. The number of anilines is 2. The standard InChI is InChI=1S/C12H12N4OS/c1-16(10-6-11(17)15-7-14-10)9-5-3-2-4-8(9)12(13)18/h2-7H,1H3,(H2,13,18)(H,14,15,17). The van der Waals surface area contributed by atoms with Crippen LogP contribution >= 0.6 is 12.2 Å². The van der Waals surface area contributed by atoms with E-state index >= 15 is 0 Å². The van der Waals surface area contributed by atoms with Gasteiger partial charge in [-0.2, -0.15) is 0 Å². The molecule has 0 aliphatic rings. The van der Waals surface area contributed by atoms with Crippen LogP contribution in [0.25, 0.3) is 0 Å². The van der Waals surface area contributed by atoms with Crippen LogP contribution in [0.5, 0.6) is 0 Å². The molecule has 6 heteroatoms. The van der Waals surface area contributed by atoms with Crippen LogP contribution in [-0.4, -0.2) is 22.0 Å². The Labute approximate surface area is 109 Å². The van der Waals surface area contributed by atoms with Gasteiger partial charge in [-0.1, -0.05) is 24.4 Å². The summed E-state index contributed by atoms with van der Waals surface area (Å²) >= 11 is 5.01. The molecule has 0 spiro atoms. The summed E-state index contributed by atoms with van der Waals surface area (Å²) in [6.45, 7) is 0. The lowest BCUT2D eigenvalue weighted by Gasteiger charge is -2.20. The molecule has 5 nitrogen and oxygen atoms in total. The van der Waals surface area contributed by atoms with Gasteiger partial charge in [0.15, 0.2) is 0 Å². The van der Waals surface area contributed by atoms with Crippen molar-refractivity contribution in [1.82, 2.24) is 9.97 Å². The minimum Gasteiger partial charge on any atom is -0.389 e. The Balaban J connectivity index is 2.49. The van der Waals surface area contributed by atoms with Gasteiger partial charge in [0.05, 0.1) is 12.0 Å². The number of rotatable bonds is 3. The molecular weight excluding hydrogens is 248 g/mol. The fourth-order valence-corrected chi connectivity index (χ4v) is 1.81. The number of nitrogens with two attached hydrogens (primary N) is 1. The molecule has 0 fully saturated rings. The van der Waals surface area contributed by atoms with Gasteiger partial charge in [-0.25, -0.2) is 4.98 Å². The quantitative estimate of drug-likeness (QED) is 0.810. The number of aromatic amines is 1. The topological polar surface area (TPSA) is 75.0 Å². The molecule has 0 aliphatic heterocycles. The first kappa shape index (κ1) is 12.3. The van der Waals surface area contributed by atoms with E-state index in [0.29, 0.717) is 10.8 Å². The fraction of sp³-hybridized carbons (Fsp3) is 0.0833. The molecule has 0 saturated heterocycles. The summed E-state index contributed by atoms with van der Waals surface area (Å²) in [4.78, 5) is 19.9. The molecule has 0 saturated carbocycles. The smallest absolute Gasteiger partial charge is 0.252 e.